The third-order valence-electron chi connectivity index (χ3n) is 5.76. The lowest BCUT2D eigenvalue weighted by Crippen LogP contribution is -2.45. The Morgan fingerprint density at radius 2 is 1.84 bits per heavy atom. The maximum absolute atomic E-state index is 13.9. The predicted molar refractivity (Wildman–Crippen MR) is 118 cm³/mol. The summed E-state index contributed by atoms with van der Waals surface area (Å²) < 4.78 is 27.7. The molecule has 1 atom stereocenters. The number of nitrogens with zero attached hydrogens (tertiary/aromatic N) is 3. The highest BCUT2D eigenvalue weighted by Crippen LogP contribution is 2.18. The Bertz CT molecular complexity index is 907. The number of aromatic amines is 1. The van der Waals surface area contributed by atoms with Crippen LogP contribution in [-0.4, -0.2) is 77.6 Å². The van der Waals surface area contributed by atoms with Crippen molar-refractivity contribution in [3.63, 3.8) is 0 Å². The Kier molecular flexibility index (Phi) is 8.29. The third kappa shape index (κ3) is 6.10. The summed E-state index contributed by atoms with van der Waals surface area (Å²) >= 11 is 0. The molecule has 1 aliphatic heterocycles. The molecule has 1 unspecified atom stereocenters. The molecule has 1 aliphatic rings. The number of piperazine rings is 1. The van der Waals surface area contributed by atoms with Crippen molar-refractivity contribution in [3.8, 4) is 0 Å². The molecule has 10 heteroatoms. The molecule has 0 bridgehead atoms. The SMILES string of the molecule is CCC(CCCN1CCN(C)CC1)NC(=O)c1[nH]ncc1NC(=O)c1c(F)cccc1F. The Balaban J connectivity index is 1.55. The second-order valence-corrected chi connectivity index (χ2v) is 8.08. The highest BCUT2D eigenvalue weighted by molar-refractivity contribution is 6.08. The van der Waals surface area contributed by atoms with Crippen molar-refractivity contribution < 1.29 is 18.4 Å². The van der Waals surface area contributed by atoms with Crippen LogP contribution in [0.3, 0.4) is 0 Å². The highest BCUT2D eigenvalue weighted by atomic mass is 19.1. The first-order valence-corrected chi connectivity index (χ1v) is 10.9. The lowest BCUT2D eigenvalue weighted by molar-refractivity contribution is 0.0927. The number of anilines is 1. The first-order chi connectivity index (χ1) is 15.4. The lowest BCUT2D eigenvalue weighted by Gasteiger charge is -2.32. The van der Waals surface area contributed by atoms with Gasteiger partial charge in [0.1, 0.15) is 22.9 Å². The van der Waals surface area contributed by atoms with Crippen LogP contribution in [-0.2, 0) is 0 Å². The minimum absolute atomic E-state index is 0.0348. The second kappa shape index (κ2) is 11.1. The Morgan fingerprint density at radius 3 is 2.50 bits per heavy atom. The van der Waals surface area contributed by atoms with Crippen LogP contribution in [0, 0.1) is 11.6 Å². The number of H-pyrrole nitrogens is 1. The van der Waals surface area contributed by atoms with Crippen LogP contribution in [0.15, 0.2) is 24.4 Å². The molecular formula is C22H30F2N6O2. The first-order valence-electron chi connectivity index (χ1n) is 10.9. The zero-order valence-electron chi connectivity index (χ0n) is 18.5. The Labute approximate surface area is 186 Å². The van der Waals surface area contributed by atoms with Gasteiger partial charge in [-0.25, -0.2) is 8.78 Å². The van der Waals surface area contributed by atoms with Gasteiger partial charge in [0.15, 0.2) is 0 Å². The van der Waals surface area contributed by atoms with E-state index in [1.54, 1.807) is 0 Å². The fraction of sp³-hybridized carbons (Fsp3) is 0.500. The van der Waals surface area contributed by atoms with Gasteiger partial charge in [0, 0.05) is 32.2 Å². The van der Waals surface area contributed by atoms with Crippen molar-refractivity contribution in [3.05, 3.63) is 47.3 Å². The molecule has 1 fully saturated rings. The van der Waals surface area contributed by atoms with Crippen LogP contribution in [0.2, 0.25) is 0 Å². The van der Waals surface area contributed by atoms with Crippen LogP contribution in [0.25, 0.3) is 0 Å². The van der Waals surface area contributed by atoms with Crippen LogP contribution >= 0.6 is 0 Å². The van der Waals surface area contributed by atoms with Gasteiger partial charge in [-0.05, 0) is 45.0 Å². The van der Waals surface area contributed by atoms with E-state index in [1.165, 1.54) is 12.3 Å². The van der Waals surface area contributed by atoms with Gasteiger partial charge in [0.05, 0.1) is 11.9 Å². The number of nitrogens with one attached hydrogen (secondary N) is 3. The number of hydrogen-bond acceptors (Lipinski definition) is 5. The van der Waals surface area contributed by atoms with Gasteiger partial charge in [-0.1, -0.05) is 13.0 Å². The minimum Gasteiger partial charge on any atom is -0.348 e. The molecule has 1 aromatic heterocycles. The van der Waals surface area contributed by atoms with Crippen LogP contribution in [0.4, 0.5) is 14.5 Å². The number of rotatable bonds is 9. The Hall–Kier alpha value is -2.85. The monoisotopic (exact) mass is 448 g/mol. The zero-order valence-corrected chi connectivity index (χ0v) is 18.5. The number of halogens is 2. The smallest absolute Gasteiger partial charge is 0.271 e. The summed E-state index contributed by atoms with van der Waals surface area (Å²) in [5.74, 6) is -3.39. The third-order valence-corrected chi connectivity index (χ3v) is 5.76. The van der Waals surface area contributed by atoms with Crippen molar-refractivity contribution in [1.82, 2.24) is 25.3 Å². The van der Waals surface area contributed by atoms with Gasteiger partial charge >= 0.3 is 0 Å². The lowest BCUT2D eigenvalue weighted by atomic mass is 10.1. The molecule has 0 radical (unpaired) electrons. The molecule has 8 nitrogen and oxygen atoms in total. The zero-order chi connectivity index (χ0) is 23.1. The van der Waals surface area contributed by atoms with Crippen molar-refractivity contribution in [2.24, 2.45) is 0 Å². The molecule has 32 heavy (non-hydrogen) atoms. The number of hydrogen-bond donors (Lipinski definition) is 3. The molecule has 3 rings (SSSR count). The van der Waals surface area contributed by atoms with E-state index >= 15 is 0 Å². The van der Waals surface area contributed by atoms with Gasteiger partial charge in [0.2, 0.25) is 0 Å². The highest BCUT2D eigenvalue weighted by Gasteiger charge is 2.22. The number of aromatic nitrogens is 2. The summed E-state index contributed by atoms with van der Waals surface area (Å²) in [7, 11) is 2.12. The van der Waals surface area contributed by atoms with E-state index in [0.29, 0.717) is 0 Å². The maximum Gasteiger partial charge on any atom is 0.271 e. The average Bonchev–Trinajstić information content (AvgIpc) is 3.22. The van der Waals surface area contributed by atoms with E-state index in [4.69, 9.17) is 0 Å². The van der Waals surface area contributed by atoms with Crippen molar-refractivity contribution in [1.29, 1.82) is 0 Å². The van der Waals surface area contributed by atoms with Crippen LogP contribution in [0.5, 0.6) is 0 Å². The summed E-state index contributed by atoms with van der Waals surface area (Å²) in [6.45, 7) is 7.23. The van der Waals surface area contributed by atoms with Crippen LogP contribution in [0.1, 0.15) is 47.0 Å². The molecule has 2 aromatic rings. The van der Waals surface area contributed by atoms with E-state index in [0.717, 1.165) is 64.1 Å². The van der Waals surface area contributed by atoms with Crippen LogP contribution < -0.4 is 10.6 Å². The average molecular weight is 449 g/mol. The van der Waals surface area contributed by atoms with E-state index in [9.17, 15) is 18.4 Å². The molecule has 0 saturated carbocycles. The number of carbonyl (C=O) groups is 2. The maximum atomic E-state index is 13.9. The second-order valence-electron chi connectivity index (χ2n) is 8.08. The molecule has 174 valence electrons. The molecule has 2 heterocycles. The predicted octanol–water partition coefficient (Wildman–Crippen LogP) is 2.48. The molecule has 1 saturated heterocycles. The number of carbonyl (C=O) groups excluding carboxylic acids is 2. The Morgan fingerprint density at radius 1 is 1.16 bits per heavy atom. The van der Waals surface area contributed by atoms with Gasteiger partial charge in [-0.15, -0.1) is 0 Å². The first kappa shape index (κ1) is 23.8. The van der Waals surface area contributed by atoms with Crippen molar-refractivity contribution >= 4 is 17.5 Å². The summed E-state index contributed by atoms with van der Waals surface area (Å²) in [6.07, 6.45) is 3.77. The molecule has 1 aromatic carbocycles. The fourth-order valence-electron chi connectivity index (χ4n) is 3.72. The summed E-state index contributed by atoms with van der Waals surface area (Å²) in [5, 5.41) is 11.7. The molecular weight excluding hydrogens is 418 g/mol. The molecule has 3 N–H and O–H groups in total. The quantitative estimate of drug-likeness (QED) is 0.548. The van der Waals surface area contributed by atoms with E-state index in [2.05, 4.69) is 37.7 Å². The number of amides is 2. The summed E-state index contributed by atoms with van der Waals surface area (Å²) in [4.78, 5) is 29.8. The summed E-state index contributed by atoms with van der Waals surface area (Å²) in [6, 6.07) is 3.13. The van der Waals surface area contributed by atoms with Gasteiger partial charge < -0.3 is 20.4 Å². The minimum atomic E-state index is -0.990. The normalized spacial score (nSPS) is 16.0. The van der Waals surface area contributed by atoms with Crippen molar-refractivity contribution in [2.75, 3.05) is 45.1 Å². The summed E-state index contributed by atoms with van der Waals surface area (Å²) in [5.41, 5.74) is -0.620. The van der Waals surface area contributed by atoms with Gasteiger partial charge in [-0.2, -0.15) is 5.10 Å². The van der Waals surface area contributed by atoms with Crippen molar-refractivity contribution in [2.45, 2.75) is 32.2 Å². The fourth-order valence-corrected chi connectivity index (χ4v) is 3.72. The standard InChI is InChI=1S/C22H30F2N6O2/c1-3-15(6-5-9-30-12-10-29(2)11-13-30)26-22(32)20-18(14-25-28-20)27-21(31)19-16(23)7-4-8-17(19)24/h4,7-8,14-15H,3,5-6,9-13H2,1-2H3,(H,25,28)(H,26,32)(H,27,31). The van der Waals surface area contributed by atoms with Gasteiger partial charge in [0.25, 0.3) is 11.8 Å². The molecule has 0 spiro atoms. The van der Waals surface area contributed by atoms with E-state index in [1.807, 2.05) is 6.92 Å². The number of benzene rings is 1. The van der Waals surface area contributed by atoms with E-state index < -0.39 is 29.0 Å². The molecule has 2 amide bonds. The largest absolute Gasteiger partial charge is 0.348 e. The van der Waals surface area contributed by atoms with E-state index in [-0.39, 0.29) is 17.4 Å². The topological polar surface area (TPSA) is 93.4 Å². The van der Waals surface area contributed by atoms with Gasteiger partial charge in [-0.3, -0.25) is 14.7 Å². The molecule has 0 aliphatic carbocycles. The number of likely N-dealkylation sites (N-methyl/N-ethyl adjacent to an activating group) is 1.